The lowest BCUT2D eigenvalue weighted by atomic mass is 9.78. The Morgan fingerprint density at radius 1 is 1.19 bits per heavy atom. The Morgan fingerprint density at radius 2 is 2.00 bits per heavy atom. The van der Waals surface area contributed by atoms with Gasteiger partial charge in [0.25, 0.3) is 5.65 Å². The van der Waals surface area contributed by atoms with Crippen LogP contribution in [-0.2, 0) is 12.0 Å². The van der Waals surface area contributed by atoms with Crippen molar-refractivity contribution >= 4 is 5.65 Å². The molecule has 0 N–H and O–H groups in total. The van der Waals surface area contributed by atoms with E-state index in [9.17, 15) is 8.78 Å². The van der Waals surface area contributed by atoms with Crippen LogP contribution in [0.1, 0.15) is 19.4 Å². The third-order valence-electron chi connectivity index (χ3n) is 4.29. The summed E-state index contributed by atoms with van der Waals surface area (Å²) in [5, 5.41) is 0. The van der Waals surface area contributed by atoms with Crippen LogP contribution in [0.4, 0.5) is 8.78 Å². The molecule has 0 bridgehead atoms. The van der Waals surface area contributed by atoms with Crippen LogP contribution in [-0.4, -0.2) is 4.57 Å². The highest BCUT2D eigenvalue weighted by Gasteiger charge is 2.38. The van der Waals surface area contributed by atoms with Crippen LogP contribution in [0.15, 0.2) is 42.7 Å². The van der Waals surface area contributed by atoms with Gasteiger partial charge in [-0.15, -0.1) is 0 Å². The molecule has 3 aromatic rings. The van der Waals surface area contributed by atoms with Crippen molar-refractivity contribution in [3.05, 3.63) is 59.9 Å². The predicted octanol–water partition coefficient (Wildman–Crippen LogP) is 3.46. The maximum absolute atomic E-state index is 14.4. The Kier molecular flexibility index (Phi) is 2.33. The van der Waals surface area contributed by atoms with Gasteiger partial charge in [0.05, 0.1) is 11.8 Å². The van der Waals surface area contributed by atoms with Crippen LogP contribution in [0.25, 0.3) is 16.9 Å². The van der Waals surface area contributed by atoms with E-state index in [0.29, 0.717) is 12.1 Å². The van der Waals surface area contributed by atoms with Gasteiger partial charge in [0.2, 0.25) is 0 Å². The molecule has 1 aliphatic rings. The minimum atomic E-state index is -0.517. The molecule has 0 fully saturated rings. The normalized spacial score (nSPS) is 15.8. The summed E-state index contributed by atoms with van der Waals surface area (Å²) in [6, 6.07) is 8.33. The zero-order valence-electron chi connectivity index (χ0n) is 11.9. The van der Waals surface area contributed by atoms with Gasteiger partial charge in [0, 0.05) is 17.5 Å². The average molecular weight is 285 g/mol. The van der Waals surface area contributed by atoms with Gasteiger partial charge in [0.15, 0.2) is 5.69 Å². The van der Waals surface area contributed by atoms with Crippen LogP contribution in [0, 0.1) is 11.6 Å². The van der Waals surface area contributed by atoms with Crippen molar-refractivity contribution in [3.8, 4) is 11.3 Å². The summed E-state index contributed by atoms with van der Waals surface area (Å²) in [5.41, 5.74) is 2.73. The Balaban J connectivity index is 2.15. The van der Waals surface area contributed by atoms with Gasteiger partial charge < -0.3 is 0 Å². The first-order chi connectivity index (χ1) is 9.97. The molecule has 106 valence electrons. The van der Waals surface area contributed by atoms with Gasteiger partial charge in [-0.05, 0) is 17.7 Å². The summed E-state index contributed by atoms with van der Waals surface area (Å²) in [6.07, 6.45) is 3.85. The molecule has 0 unspecified atom stereocenters. The third kappa shape index (κ3) is 1.65. The van der Waals surface area contributed by atoms with Crippen molar-refractivity contribution in [2.75, 3.05) is 0 Å². The minimum absolute atomic E-state index is 0.326. The molecule has 0 saturated carbocycles. The first-order valence-electron chi connectivity index (χ1n) is 6.97. The van der Waals surface area contributed by atoms with E-state index in [1.807, 2.05) is 48.8 Å². The van der Waals surface area contributed by atoms with Crippen molar-refractivity contribution in [3.63, 3.8) is 0 Å². The topological polar surface area (TPSA) is 9.03 Å². The van der Waals surface area contributed by atoms with Crippen LogP contribution in [0.3, 0.4) is 0 Å². The zero-order valence-corrected chi connectivity index (χ0v) is 11.9. The SMILES string of the molecule is CC1(C)Cn2c(c[n+]3ccccc23)-c2c(F)cc(F)cc21. The van der Waals surface area contributed by atoms with Gasteiger partial charge in [-0.3, -0.25) is 0 Å². The van der Waals surface area contributed by atoms with Crippen LogP contribution in [0.2, 0.25) is 0 Å². The number of nitrogens with zero attached hydrogens (tertiary/aromatic N) is 2. The van der Waals surface area contributed by atoms with Gasteiger partial charge in [-0.25, -0.2) is 17.7 Å². The Hall–Kier alpha value is -2.23. The number of halogens is 2. The molecule has 0 spiro atoms. The van der Waals surface area contributed by atoms with Gasteiger partial charge >= 0.3 is 0 Å². The lowest BCUT2D eigenvalue weighted by molar-refractivity contribution is -0.510. The van der Waals surface area contributed by atoms with E-state index in [0.717, 1.165) is 23.0 Å². The first-order valence-corrected chi connectivity index (χ1v) is 6.97. The summed E-state index contributed by atoms with van der Waals surface area (Å²) in [6.45, 7) is 4.74. The molecule has 0 radical (unpaired) electrons. The van der Waals surface area contributed by atoms with Crippen molar-refractivity contribution in [2.24, 2.45) is 0 Å². The fraction of sp³-hybridized carbons (Fsp3) is 0.235. The highest BCUT2D eigenvalue weighted by atomic mass is 19.1. The monoisotopic (exact) mass is 285 g/mol. The molecule has 4 heteroatoms. The summed E-state index contributed by atoms with van der Waals surface area (Å²) >= 11 is 0. The molecule has 0 aliphatic carbocycles. The lowest BCUT2D eigenvalue weighted by Crippen LogP contribution is -2.30. The molecule has 1 aliphatic heterocycles. The standard InChI is InChI=1S/C17H15F2N2/c1-17(2)10-21-14(9-20-6-4-3-5-15(20)21)16-12(17)7-11(18)8-13(16)19/h3-9H,10H2,1-2H3/q+1. The number of imidazole rings is 1. The number of fused-ring (bicyclic) bond motifs is 5. The minimum Gasteiger partial charge on any atom is -0.222 e. The molecule has 1 aromatic carbocycles. The molecule has 2 aromatic heterocycles. The third-order valence-corrected chi connectivity index (χ3v) is 4.29. The van der Waals surface area contributed by atoms with Crippen molar-refractivity contribution in [1.29, 1.82) is 0 Å². The van der Waals surface area contributed by atoms with Gasteiger partial charge in [-0.2, -0.15) is 0 Å². The molecule has 0 amide bonds. The second-order valence-electron chi connectivity index (χ2n) is 6.26. The first kappa shape index (κ1) is 12.5. The maximum atomic E-state index is 14.4. The predicted molar refractivity (Wildman–Crippen MR) is 76.0 cm³/mol. The van der Waals surface area contributed by atoms with Gasteiger partial charge in [-0.1, -0.05) is 19.9 Å². The van der Waals surface area contributed by atoms with E-state index in [2.05, 4.69) is 4.57 Å². The largest absolute Gasteiger partial charge is 0.286 e. The lowest BCUT2D eigenvalue weighted by Gasteiger charge is -2.30. The second kappa shape index (κ2) is 3.91. The van der Waals surface area contributed by atoms with E-state index in [1.54, 1.807) is 0 Å². The van der Waals surface area contributed by atoms with Crippen molar-refractivity contribution in [2.45, 2.75) is 25.8 Å². The van der Waals surface area contributed by atoms with Crippen LogP contribution >= 0.6 is 0 Å². The van der Waals surface area contributed by atoms with E-state index in [1.165, 1.54) is 6.07 Å². The number of aromatic nitrogens is 2. The second-order valence-corrected chi connectivity index (χ2v) is 6.26. The number of hydrogen-bond acceptors (Lipinski definition) is 0. The van der Waals surface area contributed by atoms with E-state index >= 15 is 0 Å². The molecule has 2 nitrogen and oxygen atoms in total. The number of hydrogen-bond donors (Lipinski definition) is 0. The number of benzene rings is 1. The van der Waals surface area contributed by atoms with E-state index in [-0.39, 0.29) is 5.41 Å². The Morgan fingerprint density at radius 3 is 2.81 bits per heavy atom. The number of pyridine rings is 1. The summed E-state index contributed by atoms with van der Waals surface area (Å²) in [7, 11) is 0. The highest BCUT2D eigenvalue weighted by Crippen LogP contribution is 2.41. The molecule has 4 rings (SSSR count). The van der Waals surface area contributed by atoms with Crippen LogP contribution in [0.5, 0.6) is 0 Å². The molecular weight excluding hydrogens is 270 g/mol. The molecule has 3 heterocycles. The fourth-order valence-electron chi connectivity index (χ4n) is 3.32. The van der Waals surface area contributed by atoms with Gasteiger partial charge in [0.1, 0.15) is 24.4 Å². The molecule has 0 saturated heterocycles. The highest BCUT2D eigenvalue weighted by molar-refractivity contribution is 5.70. The van der Waals surface area contributed by atoms with E-state index < -0.39 is 11.6 Å². The summed E-state index contributed by atoms with van der Waals surface area (Å²) in [5.74, 6) is -1.01. The molecular formula is C17H15F2N2+. The number of rotatable bonds is 0. The summed E-state index contributed by atoms with van der Waals surface area (Å²) < 4.78 is 32.1. The van der Waals surface area contributed by atoms with Crippen LogP contribution < -0.4 is 4.40 Å². The zero-order chi connectivity index (χ0) is 14.8. The Labute approximate surface area is 121 Å². The average Bonchev–Trinajstić information content (AvgIpc) is 2.76. The Bertz CT molecular complexity index is 878. The molecule has 21 heavy (non-hydrogen) atoms. The maximum Gasteiger partial charge on any atom is 0.286 e. The van der Waals surface area contributed by atoms with Crippen molar-refractivity contribution < 1.29 is 13.2 Å². The fourth-order valence-corrected chi connectivity index (χ4v) is 3.32. The quantitative estimate of drug-likeness (QED) is 0.559. The smallest absolute Gasteiger partial charge is 0.222 e. The summed E-state index contributed by atoms with van der Waals surface area (Å²) in [4.78, 5) is 0. The van der Waals surface area contributed by atoms with E-state index in [4.69, 9.17) is 0 Å². The van der Waals surface area contributed by atoms with Crippen molar-refractivity contribution in [1.82, 2.24) is 4.57 Å². The molecule has 0 atom stereocenters.